The van der Waals surface area contributed by atoms with Crippen LogP contribution in [0.5, 0.6) is 5.75 Å². The summed E-state index contributed by atoms with van der Waals surface area (Å²) in [5.41, 5.74) is 7.02. The van der Waals surface area contributed by atoms with Crippen LogP contribution in [0.25, 0.3) is 0 Å². The van der Waals surface area contributed by atoms with Gasteiger partial charge in [-0.3, -0.25) is 0 Å². The number of hydrogen-bond donors (Lipinski definition) is 1. The summed E-state index contributed by atoms with van der Waals surface area (Å²) < 4.78 is 10.8. The van der Waals surface area contributed by atoms with Crippen molar-refractivity contribution in [3.63, 3.8) is 0 Å². The van der Waals surface area contributed by atoms with E-state index in [1.807, 2.05) is 19.1 Å². The van der Waals surface area contributed by atoms with Crippen molar-refractivity contribution < 1.29 is 9.26 Å². The highest BCUT2D eigenvalue weighted by molar-refractivity contribution is 5.27. The van der Waals surface area contributed by atoms with Gasteiger partial charge in [0.05, 0.1) is 0 Å². The van der Waals surface area contributed by atoms with Gasteiger partial charge in [-0.05, 0) is 43.9 Å². The molecule has 2 rings (SSSR count). The van der Waals surface area contributed by atoms with Crippen molar-refractivity contribution in [3.8, 4) is 5.75 Å². The van der Waals surface area contributed by atoms with Crippen LogP contribution in [-0.4, -0.2) is 16.2 Å². The quantitative estimate of drug-likeness (QED) is 0.808. The Bertz CT molecular complexity index is 535. The van der Waals surface area contributed by atoms with Crippen LogP contribution in [0.3, 0.4) is 0 Å². The fraction of sp³-hybridized carbons (Fsp3) is 0.500. The summed E-state index contributed by atoms with van der Waals surface area (Å²) in [6.45, 7) is 4.41. The smallest absolute Gasteiger partial charge is 0.264 e. The molecule has 1 aromatic heterocycles. The molecule has 0 spiro atoms. The Kier molecular flexibility index (Phi) is 5.75. The molecule has 1 heterocycles. The standard InChI is InChI=1S/C16H23N3O2/c1-3-4-15-18-16(21-19-15)11-20-14-9-7-13(8-10-14)6-5-12(2)17/h7-10,12H,3-6,11,17H2,1-2H3. The summed E-state index contributed by atoms with van der Waals surface area (Å²) in [4.78, 5) is 4.26. The molecule has 5 nitrogen and oxygen atoms in total. The van der Waals surface area contributed by atoms with Crippen molar-refractivity contribution in [2.45, 2.75) is 52.2 Å². The van der Waals surface area contributed by atoms with Gasteiger partial charge in [0.1, 0.15) is 5.75 Å². The van der Waals surface area contributed by atoms with Gasteiger partial charge in [-0.1, -0.05) is 24.2 Å². The summed E-state index contributed by atoms with van der Waals surface area (Å²) in [5, 5.41) is 3.90. The molecule has 1 atom stereocenters. The van der Waals surface area contributed by atoms with E-state index in [9.17, 15) is 0 Å². The first-order chi connectivity index (χ1) is 10.2. The summed E-state index contributed by atoms with van der Waals surface area (Å²) in [7, 11) is 0. The predicted molar refractivity (Wildman–Crippen MR) is 81.0 cm³/mol. The van der Waals surface area contributed by atoms with Gasteiger partial charge in [0, 0.05) is 12.5 Å². The maximum Gasteiger partial charge on any atom is 0.264 e. The zero-order chi connectivity index (χ0) is 15.1. The van der Waals surface area contributed by atoms with Crippen molar-refractivity contribution in [1.29, 1.82) is 0 Å². The number of nitrogens with two attached hydrogens (primary N) is 1. The second-order valence-electron chi connectivity index (χ2n) is 5.30. The van der Waals surface area contributed by atoms with E-state index in [-0.39, 0.29) is 6.04 Å². The number of rotatable bonds is 8. The first kappa shape index (κ1) is 15.5. The summed E-state index contributed by atoms with van der Waals surface area (Å²) in [5.74, 6) is 2.05. The van der Waals surface area contributed by atoms with Crippen molar-refractivity contribution >= 4 is 0 Å². The van der Waals surface area contributed by atoms with Crippen LogP contribution in [0, 0.1) is 0 Å². The monoisotopic (exact) mass is 289 g/mol. The first-order valence-corrected chi connectivity index (χ1v) is 7.46. The summed E-state index contributed by atoms with van der Waals surface area (Å²) in [6.07, 6.45) is 3.81. The van der Waals surface area contributed by atoms with Crippen LogP contribution in [0.1, 0.15) is 44.0 Å². The van der Waals surface area contributed by atoms with Crippen molar-refractivity contribution in [2.75, 3.05) is 0 Å². The molecular formula is C16H23N3O2. The van der Waals surface area contributed by atoms with E-state index in [2.05, 4.69) is 29.2 Å². The van der Waals surface area contributed by atoms with Gasteiger partial charge in [0.25, 0.3) is 5.89 Å². The molecule has 0 saturated carbocycles. The molecule has 1 unspecified atom stereocenters. The molecule has 2 aromatic rings. The molecule has 0 amide bonds. The topological polar surface area (TPSA) is 74.2 Å². The molecule has 114 valence electrons. The Morgan fingerprint density at radius 3 is 2.67 bits per heavy atom. The van der Waals surface area contributed by atoms with E-state index < -0.39 is 0 Å². The maximum absolute atomic E-state index is 5.76. The number of aryl methyl sites for hydroxylation is 2. The van der Waals surface area contributed by atoms with Gasteiger partial charge in [-0.2, -0.15) is 4.98 Å². The largest absolute Gasteiger partial charge is 0.484 e. The zero-order valence-corrected chi connectivity index (χ0v) is 12.7. The SMILES string of the molecule is CCCc1noc(COc2ccc(CCC(C)N)cc2)n1. The molecular weight excluding hydrogens is 266 g/mol. The number of hydrogen-bond acceptors (Lipinski definition) is 5. The minimum Gasteiger partial charge on any atom is -0.484 e. The Labute approximate surface area is 125 Å². The molecule has 0 aliphatic carbocycles. The predicted octanol–water partition coefficient (Wildman–Crippen LogP) is 2.88. The highest BCUT2D eigenvalue weighted by Crippen LogP contribution is 2.15. The van der Waals surface area contributed by atoms with Gasteiger partial charge < -0.3 is 15.0 Å². The fourth-order valence-corrected chi connectivity index (χ4v) is 1.97. The van der Waals surface area contributed by atoms with Gasteiger partial charge in [0.2, 0.25) is 0 Å². The molecule has 0 radical (unpaired) electrons. The van der Waals surface area contributed by atoms with Gasteiger partial charge in [-0.15, -0.1) is 0 Å². The van der Waals surface area contributed by atoms with Crippen LogP contribution >= 0.6 is 0 Å². The molecule has 0 aliphatic rings. The number of nitrogens with zero attached hydrogens (tertiary/aromatic N) is 2. The summed E-state index contributed by atoms with van der Waals surface area (Å²) >= 11 is 0. The molecule has 21 heavy (non-hydrogen) atoms. The highest BCUT2D eigenvalue weighted by Gasteiger charge is 2.06. The van der Waals surface area contributed by atoms with E-state index in [0.717, 1.165) is 37.3 Å². The molecule has 0 fully saturated rings. The van der Waals surface area contributed by atoms with E-state index in [1.165, 1.54) is 5.56 Å². The van der Waals surface area contributed by atoms with E-state index in [4.69, 9.17) is 15.0 Å². The second kappa shape index (κ2) is 7.78. The third kappa shape index (κ3) is 5.19. The van der Waals surface area contributed by atoms with Gasteiger partial charge in [-0.25, -0.2) is 0 Å². The van der Waals surface area contributed by atoms with E-state index >= 15 is 0 Å². The summed E-state index contributed by atoms with van der Waals surface area (Å²) in [6, 6.07) is 8.28. The lowest BCUT2D eigenvalue weighted by Crippen LogP contribution is -2.15. The lowest BCUT2D eigenvalue weighted by atomic mass is 10.1. The Morgan fingerprint density at radius 2 is 2.00 bits per heavy atom. The average Bonchev–Trinajstić information content (AvgIpc) is 2.92. The first-order valence-electron chi connectivity index (χ1n) is 7.46. The molecule has 1 aromatic carbocycles. The lowest BCUT2D eigenvalue weighted by molar-refractivity contribution is 0.242. The molecule has 5 heteroatoms. The Hall–Kier alpha value is -1.88. The molecule has 2 N–H and O–H groups in total. The van der Waals surface area contributed by atoms with Crippen molar-refractivity contribution in [1.82, 2.24) is 10.1 Å². The van der Waals surface area contributed by atoms with E-state index in [0.29, 0.717) is 12.5 Å². The fourth-order valence-electron chi connectivity index (χ4n) is 1.97. The lowest BCUT2D eigenvalue weighted by Gasteiger charge is -2.07. The van der Waals surface area contributed by atoms with Gasteiger partial charge >= 0.3 is 0 Å². The van der Waals surface area contributed by atoms with Gasteiger partial charge in [0.15, 0.2) is 12.4 Å². The van der Waals surface area contributed by atoms with Crippen LogP contribution in [-0.2, 0) is 19.4 Å². The third-order valence-electron chi connectivity index (χ3n) is 3.16. The Morgan fingerprint density at radius 1 is 1.24 bits per heavy atom. The minimum absolute atomic E-state index is 0.232. The average molecular weight is 289 g/mol. The molecule has 0 bridgehead atoms. The van der Waals surface area contributed by atoms with Crippen molar-refractivity contribution in [2.24, 2.45) is 5.73 Å². The highest BCUT2D eigenvalue weighted by atomic mass is 16.5. The number of aromatic nitrogens is 2. The molecule has 0 saturated heterocycles. The third-order valence-corrected chi connectivity index (χ3v) is 3.16. The minimum atomic E-state index is 0.232. The molecule has 0 aliphatic heterocycles. The second-order valence-corrected chi connectivity index (χ2v) is 5.30. The number of ether oxygens (including phenoxy) is 1. The normalized spacial score (nSPS) is 12.3. The van der Waals surface area contributed by atoms with Crippen LogP contribution in [0.4, 0.5) is 0 Å². The Balaban J connectivity index is 1.82. The maximum atomic E-state index is 5.76. The van der Waals surface area contributed by atoms with Crippen LogP contribution < -0.4 is 10.5 Å². The van der Waals surface area contributed by atoms with Crippen LogP contribution in [0.15, 0.2) is 28.8 Å². The number of benzene rings is 1. The van der Waals surface area contributed by atoms with E-state index in [1.54, 1.807) is 0 Å². The van der Waals surface area contributed by atoms with Crippen LogP contribution in [0.2, 0.25) is 0 Å². The zero-order valence-electron chi connectivity index (χ0n) is 12.7. The van der Waals surface area contributed by atoms with Crippen molar-refractivity contribution in [3.05, 3.63) is 41.5 Å².